The van der Waals surface area contributed by atoms with Gasteiger partial charge in [-0.05, 0) is 30.7 Å². The second kappa shape index (κ2) is 6.07. The number of thiophene rings is 1. The van der Waals surface area contributed by atoms with Crippen LogP contribution in [-0.2, 0) is 4.79 Å². The Hall–Kier alpha value is -2.54. The number of benzene rings is 1. The average molecular weight is 357 g/mol. The number of hydrogen-bond donors (Lipinski definition) is 0. The summed E-state index contributed by atoms with van der Waals surface area (Å²) < 4.78 is 15.2. The summed E-state index contributed by atoms with van der Waals surface area (Å²) in [5.41, 5.74) is 1.35. The van der Waals surface area contributed by atoms with Gasteiger partial charge < -0.3 is 4.90 Å². The van der Waals surface area contributed by atoms with Gasteiger partial charge in [0.2, 0.25) is 5.91 Å². The molecule has 25 heavy (non-hydrogen) atoms. The first-order chi connectivity index (χ1) is 12.1. The molecule has 5 nitrogen and oxygen atoms in total. The van der Waals surface area contributed by atoms with E-state index >= 15 is 0 Å². The molecule has 1 atom stereocenters. The average Bonchev–Trinajstić information content (AvgIpc) is 3.20. The van der Waals surface area contributed by atoms with Crippen LogP contribution in [0.4, 0.5) is 4.39 Å². The van der Waals surface area contributed by atoms with Crippen molar-refractivity contribution in [3.05, 3.63) is 52.8 Å². The topological polar surface area (TPSA) is 55.2 Å². The molecule has 0 radical (unpaired) electrons. The predicted molar refractivity (Wildman–Crippen MR) is 95.2 cm³/mol. The van der Waals surface area contributed by atoms with Gasteiger partial charge in [-0.15, -0.1) is 11.3 Å². The maximum Gasteiger partial charge on any atom is 0.271 e. The number of halogens is 1. The maximum atomic E-state index is 13.1. The standard InChI is InChI=1S/C18H16FN3O2S/c1-2-21-9-13(7-16(21)23)22-10-20-14-8-15(25-17(14)18(22)24)11-3-5-12(19)6-4-11/h3-6,8,10,13H,2,7,9H2,1H3/t13-/m1/s1. The van der Waals surface area contributed by atoms with Crippen LogP contribution >= 0.6 is 11.3 Å². The smallest absolute Gasteiger partial charge is 0.271 e. The zero-order valence-electron chi connectivity index (χ0n) is 13.6. The molecule has 4 rings (SSSR count). The predicted octanol–water partition coefficient (Wildman–Crippen LogP) is 3.06. The van der Waals surface area contributed by atoms with Gasteiger partial charge in [0.1, 0.15) is 10.5 Å². The molecular weight excluding hydrogens is 341 g/mol. The van der Waals surface area contributed by atoms with Crippen LogP contribution in [0.15, 0.2) is 41.5 Å². The number of likely N-dealkylation sites (N-methyl/N-ethyl adjacent to an activating group) is 1. The van der Waals surface area contributed by atoms with Crippen molar-refractivity contribution in [1.29, 1.82) is 0 Å². The summed E-state index contributed by atoms with van der Waals surface area (Å²) in [5.74, 6) is -0.227. The van der Waals surface area contributed by atoms with Gasteiger partial charge in [-0.1, -0.05) is 12.1 Å². The lowest BCUT2D eigenvalue weighted by Gasteiger charge is -2.15. The summed E-state index contributed by atoms with van der Waals surface area (Å²) >= 11 is 1.35. The van der Waals surface area contributed by atoms with E-state index in [4.69, 9.17) is 0 Å². The molecule has 0 saturated carbocycles. The van der Waals surface area contributed by atoms with Gasteiger partial charge in [0.15, 0.2) is 0 Å². The Morgan fingerprint density at radius 1 is 1.28 bits per heavy atom. The van der Waals surface area contributed by atoms with Gasteiger partial charge in [0, 0.05) is 24.4 Å². The Kier molecular flexibility index (Phi) is 3.88. The number of nitrogens with zero attached hydrogens (tertiary/aromatic N) is 3. The fourth-order valence-electron chi connectivity index (χ4n) is 3.18. The highest BCUT2D eigenvalue weighted by atomic mass is 32.1. The molecule has 1 aliphatic rings. The highest BCUT2D eigenvalue weighted by molar-refractivity contribution is 7.22. The lowest BCUT2D eigenvalue weighted by atomic mass is 10.2. The normalized spacial score (nSPS) is 17.6. The quantitative estimate of drug-likeness (QED) is 0.724. The minimum Gasteiger partial charge on any atom is -0.341 e. The molecule has 2 aromatic heterocycles. The summed E-state index contributed by atoms with van der Waals surface area (Å²) in [4.78, 5) is 31.8. The second-order valence-electron chi connectivity index (χ2n) is 6.08. The van der Waals surface area contributed by atoms with Crippen molar-refractivity contribution in [2.24, 2.45) is 0 Å². The van der Waals surface area contributed by atoms with Crippen LogP contribution in [0, 0.1) is 5.82 Å². The van der Waals surface area contributed by atoms with Gasteiger partial charge in [-0.3, -0.25) is 14.2 Å². The largest absolute Gasteiger partial charge is 0.341 e. The van der Waals surface area contributed by atoms with Crippen molar-refractivity contribution < 1.29 is 9.18 Å². The van der Waals surface area contributed by atoms with E-state index in [9.17, 15) is 14.0 Å². The second-order valence-corrected chi connectivity index (χ2v) is 7.13. The van der Waals surface area contributed by atoms with Crippen LogP contribution in [0.5, 0.6) is 0 Å². The summed E-state index contributed by atoms with van der Waals surface area (Å²) in [6.45, 7) is 3.12. The third-order valence-corrected chi connectivity index (χ3v) is 5.72. The number of hydrogen-bond acceptors (Lipinski definition) is 4. The van der Waals surface area contributed by atoms with E-state index in [0.717, 1.165) is 10.4 Å². The first-order valence-electron chi connectivity index (χ1n) is 8.11. The van der Waals surface area contributed by atoms with Crippen molar-refractivity contribution in [1.82, 2.24) is 14.5 Å². The van der Waals surface area contributed by atoms with Gasteiger partial charge in [-0.25, -0.2) is 9.37 Å². The summed E-state index contributed by atoms with van der Waals surface area (Å²) in [7, 11) is 0. The van der Waals surface area contributed by atoms with Crippen molar-refractivity contribution in [3.8, 4) is 10.4 Å². The van der Waals surface area contributed by atoms with E-state index in [2.05, 4.69) is 4.98 Å². The van der Waals surface area contributed by atoms with Crippen molar-refractivity contribution in [3.63, 3.8) is 0 Å². The summed E-state index contributed by atoms with van der Waals surface area (Å²) in [5, 5.41) is 0. The third-order valence-electron chi connectivity index (χ3n) is 4.56. The highest BCUT2D eigenvalue weighted by Crippen LogP contribution is 2.31. The number of fused-ring (bicyclic) bond motifs is 1. The van der Waals surface area contributed by atoms with E-state index in [1.165, 1.54) is 29.8 Å². The van der Waals surface area contributed by atoms with Crippen LogP contribution < -0.4 is 5.56 Å². The van der Waals surface area contributed by atoms with Crippen LogP contribution in [0.3, 0.4) is 0 Å². The molecule has 1 aromatic carbocycles. The highest BCUT2D eigenvalue weighted by Gasteiger charge is 2.30. The summed E-state index contributed by atoms with van der Waals surface area (Å²) in [6, 6.07) is 7.84. The Balaban J connectivity index is 1.75. The third kappa shape index (κ3) is 2.74. The van der Waals surface area contributed by atoms with E-state index in [-0.39, 0.29) is 23.3 Å². The van der Waals surface area contributed by atoms with Crippen molar-refractivity contribution in [2.75, 3.05) is 13.1 Å². The van der Waals surface area contributed by atoms with Crippen molar-refractivity contribution in [2.45, 2.75) is 19.4 Å². The lowest BCUT2D eigenvalue weighted by molar-refractivity contribution is -0.127. The first kappa shape index (κ1) is 16.0. The zero-order valence-corrected chi connectivity index (χ0v) is 14.4. The van der Waals surface area contributed by atoms with Gasteiger partial charge >= 0.3 is 0 Å². The molecule has 7 heteroatoms. The molecule has 0 unspecified atom stereocenters. The fraction of sp³-hybridized carbons (Fsp3) is 0.278. The molecule has 0 bridgehead atoms. The Bertz CT molecular complexity index is 1010. The van der Waals surface area contributed by atoms with E-state index in [1.54, 1.807) is 21.6 Å². The van der Waals surface area contributed by atoms with Crippen LogP contribution in [0.1, 0.15) is 19.4 Å². The number of likely N-dealkylation sites (tertiary alicyclic amines) is 1. The molecule has 1 saturated heterocycles. The van der Waals surface area contributed by atoms with E-state index in [1.807, 2.05) is 13.0 Å². The number of amides is 1. The molecule has 0 N–H and O–H groups in total. The molecule has 3 heterocycles. The Morgan fingerprint density at radius 2 is 2.04 bits per heavy atom. The number of carbonyl (C=O) groups excluding carboxylic acids is 1. The monoisotopic (exact) mass is 357 g/mol. The molecule has 0 aliphatic carbocycles. The lowest BCUT2D eigenvalue weighted by Crippen LogP contribution is -2.28. The van der Waals surface area contributed by atoms with Gasteiger partial charge in [0.25, 0.3) is 5.56 Å². The molecular formula is C18H16FN3O2S. The number of carbonyl (C=O) groups is 1. The number of aromatic nitrogens is 2. The van der Waals surface area contributed by atoms with Crippen LogP contribution in [-0.4, -0.2) is 33.4 Å². The SMILES string of the molecule is CCN1C[C@H](n2cnc3cc(-c4ccc(F)cc4)sc3c2=O)CC1=O. The first-order valence-corrected chi connectivity index (χ1v) is 8.93. The minimum atomic E-state index is -0.295. The molecule has 3 aromatic rings. The zero-order chi connectivity index (χ0) is 17.6. The van der Waals surface area contributed by atoms with E-state index < -0.39 is 0 Å². The fourth-order valence-corrected chi connectivity index (χ4v) is 4.24. The van der Waals surface area contributed by atoms with E-state index in [0.29, 0.717) is 29.7 Å². The molecule has 128 valence electrons. The Morgan fingerprint density at radius 3 is 2.72 bits per heavy atom. The van der Waals surface area contributed by atoms with Crippen LogP contribution in [0.2, 0.25) is 0 Å². The molecule has 0 spiro atoms. The van der Waals surface area contributed by atoms with Crippen molar-refractivity contribution >= 4 is 27.5 Å². The molecule has 1 aliphatic heterocycles. The van der Waals surface area contributed by atoms with Gasteiger partial charge in [-0.2, -0.15) is 0 Å². The Labute approximate surface area is 147 Å². The molecule has 1 amide bonds. The van der Waals surface area contributed by atoms with Gasteiger partial charge in [0.05, 0.1) is 17.9 Å². The molecule has 1 fully saturated rings. The van der Waals surface area contributed by atoms with Crippen LogP contribution in [0.25, 0.3) is 20.7 Å². The minimum absolute atomic E-state index is 0.0673. The summed E-state index contributed by atoms with van der Waals surface area (Å²) in [6.07, 6.45) is 1.86. The maximum absolute atomic E-state index is 13.1. The number of rotatable bonds is 3.